The summed E-state index contributed by atoms with van der Waals surface area (Å²) in [7, 11) is 0. The van der Waals surface area contributed by atoms with E-state index in [-0.39, 0.29) is 23.2 Å². The van der Waals surface area contributed by atoms with E-state index in [0.717, 1.165) is 32.1 Å². The van der Waals surface area contributed by atoms with Crippen molar-refractivity contribution >= 4 is 5.97 Å². The van der Waals surface area contributed by atoms with Crippen molar-refractivity contribution in [2.24, 2.45) is 22.7 Å². The third kappa shape index (κ3) is 2.28. The lowest BCUT2D eigenvalue weighted by Crippen LogP contribution is -2.62. The molecule has 2 N–H and O–H groups in total. The van der Waals surface area contributed by atoms with Crippen molar-refractivity contribution < 1.29 is 15.0 Å². The number of rotatable bonds is 3. The first-order chi connectivity index (χ1) is 9.13. The van der Waals surface area contributed by atoms with Gasteiger partial charge in [0.25, 0.3) is 0 Å². The molecule has 20 heavy (non-hydrogen) atoms. The molecule has 0 heterocycles. The maximum Gasteiger partial charge on any atom is 0.303 e. The number of carboxylic acid groups (broad SMARTS) is 1. The van der Waals surface area contributed by atoms with Crippen LogP contribution in [0.5, 0.6) is 0 Å². The van der Waals surface area contributed by atoms with Gasteiger partial charge in [0.1, 0.15) is 0 Å². The Bertz CT molecular complexity index is 390. The first kappa shape index (κ1) is 15.8. The molecule has 4 atom stereocenters. The molecule has 0 aliphatic heterocycles. The van der Waals surface area contributed by atoms with Crippen molar-refractivity contribution in [1.29, 1.82) is 0 Å². The number of aliphatic carboxylic acids is 1. The van der Waals surface area contributed by atoms with Gasteiger partial charge in [0.05, 0.1) is 5.60 Å². The van der Waals surface area contributed by atoms with Gasteiger partial charge >= 0.3 is 5.97 Å². The first-order valence-corrected chi connectivity index (χ1v) is 8.08. The molecule has 0 amide bonds. The second kappa shape index (κ2) is 5.01. The first-order valence-electron chi connectivity index (χ1n) is 8.08. The fourth-order valence-corrected chi connectivity index (χ4v) is 4.97. The summed E-state index contributed by atoms with van der Waals surface area (Å²) in [5.41, 5.74) is -0.728. The lowest BCUT2D eigenvalue weighted by Gasteiger charge is -2.62. The van der Waals surface area contributed by atoms with Gasteiger partial charge in [-0.1, -0.05) is 34.1 Å². The summed E-state index contributed by atoms with van der Waals surface area (Å²) < 4.78 is 0. The highest BCUT2D eigenvalue weighted by molar-refractivity contribution is 5.66. The molecule has 0 radical (unpaired) electrons. The van der Waals surface area contributed by atoms with Gasteiger partial charge in [-0.3, -0.25) is 4.79 Å². The molecular formula is C17H30O3. The maximum atomic E-state index is 11.4. The highest BCUT2D eigenvalue weighted by Crippen LogP contribution is 2.62. The number of aliphatic hydroxyl groups is 1. The van der Waals surface area contributed by atoms with Crippen LogP contribution in [0.25, 0.3) is 0 Å². The van der Waals surface area contributed by atoms with Crippen LogP contribution in [-0.4, -0.2) is 21.8 Å². The highest BCUT2D eigenvalue weighted by Gasteiger charge is 2.60. The van der Waals surface area contributed by atoms with Crippen molar-refractivity contribution in [2.75, 3.05) is 0 Å². The number of carboxylic acids is 1. The fourth-order valence-electron chi connectivity index (χ4n) is 4.97. The maximum absolute atomic E-state index is 11.4. The predicted octanol–water partition coefficient (Wildman–Crippen LogP) is 3.84. The smallest absolute Gasteiger partial charge is 0.303 e. The predicted molar refractivity (Wildman–Crippen MR) is 79.4 cm³/mol. The van der Waals surface area contributed by atoms with Crippen LogP contribution in [0.1, 0.15) is 72.6 Å². The summed E-state index contributed by atoms with van der Waals surface area (Å²) in [4.78, 5) is 11.0. The lowest BCUT2D eigenvalue weighted by molar-refractivity contribution is -0.213. The Hall–Kier alpha value is -0.570. The minimum atomic E-state index is -0.720. The van der Waals surface area contributed by atoms with E-state index in [2.05, 4.69) is 27.7 Å². The summed E-state index contributed by atoms with van der Waals surface area (Å²) in [5, 5.41) is 20.4. The molecule has 2 aliphatic carbocycles. The van der Waals surface area contributed by atoms with Crippen LogP contribution in [0.3, 0.4) is 0 Å². The topological polar surface area (TPSA) is 57.5 Å². The lowest BCUT2D eigenvalue weighted by atomic mass is 9.45. The molecule has 3 heteroatoms. The summed E-state index contributed by atoms with van der Waals surface area (Å²) in [6, 6.07) is 0. The van der Waals surface area contributed by atoms with E-state index in [1.54, 1.807) is 0 Å². The Morgan fingerprint density at radius 1 is 1.20 bits per heavy atom. The van der Waals surface area contributed by atoms with Crippen LogP contribution < -0.4 is 0 Å². The van der Waals surface area contributed by atoms with Crippen molar-refractivity contribution in [3.05, 3.63) is 0 Å². The summed E-state index contributed by atoms with van der Waals surface area (Å²) in [6.45, 7) is 8.83. The van der Waals surface area contributed by atoms with Crippen LogP contribution in [0.15, 0.2) is 0 Å². The molecule has 0 spiro atoms. The van der Waals surface area contributed by atoms with E-state index in [4.69, 9.17) is 5.11 Å². The molecule has 0 aromatic carbocycles. The van der Waals surface area contributed by atoms with Gasteiger partial charge in [-0.15, -0.1) is 0 Å². The molecule has 0 bridgehead atoms. The van der Waals surface area contributed by atoms with E-state index >= 15 is 0 Å². The summed E-state index contributed by atoms with van der Waals surface area (Å²) >= 11 is 0. The van der Waals surface area contributed by atoms with E-state index in [0.29, 0.717) is 12.3 Å². The van der Waals surface area contributed by atoms with Gasteiger partial charge < -0.3 is 10.2 Å². The molecule has 0 aromatic heterocycles. The number of fused-ring (bicyclic) bond motifs is 1. The van der Waals surface area contributed by atoms with Gasteiger partial charge in [0, 0.05) is 6.42 Å². The summed E-state index contributed by atoms with van der Waals surface area (Å²) in [5.74, 6) is 0.00508. The number of carbonyl (C=O) groups is 1. The minimum Gasteiger partial charge on any atom is -0.481 e. The standard InChI is InChI=1S/C17H30O3/c1-12-7-11-17(20)13(6-5-9-15(17,2)3)16(12,4)10-8-14(18)19/h12-13,20H,5-11H2,1-4H3,(H,18,19)/t12-,13-,16+,17+/m0/s1. The van der Waals surface area contributed by atoms with Crippen molar-refractivity contribution in [3.63, 3.8) is 0 Å². The van der Waals surface area contributed by atoms with Crippen LogP contribution in [0, 0.1) is 22.7 Å². The van der Waals surface area contributed by atoms with Crippen LogP contribution in [0.4, 0.5) is 0 Å². The second-order valence-electron chi connectivity index (χ2n) is 8.09. The molecule has 116 valence electrons. The highest BCUT2D eigenvalue weighted by atomic mass is 16.4. The second-order valence-corrected chi connectivity index (χ2v) is 8.09. The zero-order valence-electron chi connectivity index (χ0n) is 13.4. The molecule has 2 aliphatic rings. The van der Waals surface area contributed by atoms with Crippen LogP contribution >= 0.6 is 0 Å². The average Bonchev–Trinajstić information content (AvgIpc) is 2.35. The Balaban J connectivity index is 2.32. The molecule has 0 aromatic rings. The SMILES string of the molecule is C[C@H]1CC[C@@]2(O)[C@@H](CCCC2(C)C)[C@]1(C)CCC(=O)O. The Morgan fingerprint density at radius 2 is 1.85 bits per heavy atom. The third-order valence-corrected chi connectivity index (χ3v) is 6.80. The average molecular weight is 282 g/mol. The zero-order chi connectivity index (χ0) is 15.2. The van der Waals surface area contributed by atoms with E-state index in [9.17, 15) is 9.90 Å². The molecular weight excluding hydrogens is 252 g/mol. The van der Waals surface area contributed by atoms with Crippen LogP contribution in [-0.2, 0) is 4.79 Å². The van der Waals surface area contributed by atoms with E-state index in [1.165, 1.54) is 0 Å². The van der Waals surface area contributed by atoms with Gasteiger partial charge in [0.2, 0.25) is 0 Å². The van der Waals surface area contributed by atoms with Gasteiger partial charge in [-0.25, -0.2) is 0 Å². The third-order valence-electron chi connectivity index (χ3n) is 6.80. The monoisotopic (exact) mass is 282 g/mol. The minimum absolute atomic E-state index is 0.0525. The number of hydrogen-bond acceptors (Lipinski definition) is 2. The van der Waals surface area contributed by atoms with Gasteiger partial charge in [0.15, 0.2) is 0 Å². The van der Waals surface area contributed by atoms with Crippen LogP contribution in [0.2, 0.25) is 0 Å². The summed E-state index contributed by atoms with van der Waals surface area (Å²) in [6.07, 6.45) is 6.04. The zero-order valence-corrected chi connectivity index (χ0v) is 13.4. The van der Waals surface area contributed by atoms with E-state index < -0.39 is 11.6 Å². The molecule has 2 saturated carbocycles. The van der Waals surface area contributed by atoms with Crippen molar-refractivity contribution in [1.82, 2.24) is 0 Å². The van der Waals surface area contributed by atoms with Crippen molar-refractivity contribution in [2.45, 2.75) is 78.2 Å². The fraction of sp³-hybridized carbons (Fsp3) is 0.941. The Kier molecular flexibility index (Phi) is 3.96. The Labute approximate surface area is 122 Å². The van der Waals surface area contributed by atoms with Crippen molar-refractivity contribution in [3.8, 4) is 0 Å². The van der Waals surface area contributed by atoms with Gasteiger partial charge in [-0.05, 0) is 54.8 Å². The van der Waals surface area contributed by atoms with Gasteiger partial charge in [-0.2, -0.15) is 0 Å². The number of hydrogen-bond donors (Lipinski definition) is 2. The molecule has 3 nitrogen and oxygen atoms in total. The molecule has 0 unspecified atom stereocenters. The Morgan fingerprint density at radius 3 is 2.45 bits per heavy atom. The normalized spacial score (nSPS) is 43.9. The molecule has 0 saturated heterocycles. The van der Waals surface area contributed by atoms with E-state index in [1.807, 2.05) is 0 Å². The molecule has 2 rings (SSSR count). The largest absolute Gasteiger partial charge is 0.481 e. The molecule has 2 fully saturated rings. The quantitative estimate of drug-likeness (QED) is 0.826.